The molecule has 0 aliphatic rings. The van der Waals surface area contributed by atoms with Crippen LogP contribution >= 0.6 is 0 Å². The molecule has 254 valence electrons. The Morgan fingerprint density at radius 2 is 0.840 bits per heavy atom. The summed E-state index contributed by atoms with van der Waals surface area (Å²) in [5.74, 6) is -0.0956. The number of hydrogen-bond acceptors (Lipinski definition) is 4. The molecule has 0 fully saturated rings. The molecule has 6 heteroatoms. The quantitative estimate of drug-likeness (QED) is 0.121. The zero-order valence-corrected chi connectivity index (χ0v) is 29.6. The van der Waals surface area contributed by atoms with E-state index in [1.54, 1.807) is 0 Å². The molecule has 4 aromatic carbocycles. The summed E-state index contributed by atoms with van der Waals surface area (Å²) in [6, 6.07) is 32.3. The summed E-state index contributed by atoms with van der Waals surface area (Å²) < 4.78 is 0. The van der Waals surface area contributed by atoms with Gasteiger partial charge in [0.05, 0.1) is 33.5 Å². The van der Waals surface area contributed by atoms with Crippen LogP contribution in [0.15, 0.2) is 97.1 Å². The average Bonchev–Trinajstić information content (AvgIpc) is 3.12. The number of amides is 2. The van der Waals surface area contributed by atoms with Gasteiger partial charge in [0.15, 0.2) is 0 Å². The summed E-state index contributed by atoms with van der Waals surface area (Å²) in [5, 5.41) is 8.11. The lowest BCUT2D eigenvalue weighted by molar-refractivity contribution is 0.0945. The number of unbranched alkanes of at least 4 members (excludes halogenated alkanes) is 5. The Morgan fingerprint density at radius 3 is 1.24 bits per heavy atom. The number of benzene rings is 4. The Balaban J connectivity index is 0.967. The Bertz CT molecular complexity index is 1980. The number of fused-ring (bicyclic) bond motifs is 2. The number of nitrogens with one attached hydrogen (secondary N) is 2. The summed E-state index contributed by atoms with van der Waals surface area (Å²) in [4.78, 5) is 36.8. The smallest absolute Gasteiger partial charge is 0.252 e. The molecule has 0 unspecified atom stereocenters. The lowest BCUT2D eigenvalue weighted by Gasteiger charge is -2.15. The van der Waals surface area contributed by atoms with Crippen LogP contribution < -0.4 is 10.6 Å². The highest BCUT2D eigenvalue weighted by Crippen LogP contribution is 2.31. The third kappa shape index (κ3) is 7.76. The van der Waals surface area contributed by atoms with Gasteiger partial charge in [-0.1, -0.05) is 122 Å². The van der Waals surface area contributed by atoms with Gasteiger partial charge in [-0.2, -0.15) is 0 Å². The van der Waals surface area contributed by atoms with Gasteiger partial charge in [0, 0.05) is 35.0 Å². The summed E-state index contributed by atoms with van der Waals surface area (Å²) in [7, 11) is 0. The van der Waals surface area contributed by atoms with E-state index >= 15 is 0 Å². The van der Waals surface area contributed by atoms with E-state index in [1.807, 2.05) is 62.4 Å². The maximum absolute atomic E-state index is 13.5. The van der Waals surface area contributed by atoms with E-state index in [4.69, 9.17) is 9.97 Å². The summed E-state index contributed by atoms with van der Waals surface area (Å²) in [5.41, 5.74) is 11.0. The molecule has 6 aromatic rings. The molecule has 50 heavy (non-hydrogen) atoms. The maximum Gasteiger partial charge on any atom is 0.252 e. The number of carbonyl (C=O) groups excluding carboxylic acids is 2. The van der Waals surface area contributed by atoms with E-state index in [-0.39, 0.29) is 11.8 Å². The standard InChI is InChI=1S/C44H46N4O2/c1-29-19-23-33(24-20-29)41-31(3)39(35-15-9-11-17-37(35)47-41)43(49)45-27-13-7-5-6-8-14-28-46-44(50)40-32(4)42(34-25-21-30(2)22-26-34)48-38-18-12-10-16-36(38)40/h9-12,15-26H,5-8,13-14,27-28H2,1-4H3,(H,45,49)(H,46,50). The minimum absolute atomic E-state index is 0.0478. The van der Waals surface area contributed by atoms with Gasteiger partial charge < -0.3 is 10.6 Å². The van der Waals surface area contributed by atoms with E-state index in [1.165, 1.54) is 11.1 Å². The van der Waals surface area contributed by atoms with E-state index in [0.29, 0.717) is 24.2 Å². The second kappa shape index (κ2) is 15.9. The first-order chi connectivity index (χ1) is 24.3. The fourth-order valence-electron chi connectivity index (χ4n) is 6.72. The van der Waals surface area contributed by atoms with Crippen LogP contribution in [0.25, 0.3) is 44.3 Å². The number of aromatic nitrogens is 2. The average molecular weight is 663 g/mol. The Hall–Kier alpha value is -5.36. The highest BCUT2D eigenvalue weighted by Gasteiger charge is 2.20. The predicted octanol–water partition coefficient (Wildman–Crippen LogP) is 9.85. The highest BCUT2D eigenvalue weighted by atomic mass is 16.2. The number of para-hydroxylation sites is 2. The number of aryl methyl sites for hydroxylation is 2. The van der Waals surface area contributed by atoms with Crippen molar-refractivity contribution in [3.05, 3.63) is 130 Å². The van der Waals surface area contributed by atoms with Crippen molar-refractivity contribution >= 4 is 33.6 Å². The lowest BCUT2D eigenvalue weighted by atomic mass is 9.96. The zero-order chi connectivity index (χ0) is 35.0. The molecule has 2 heterocycles. The Kier molecular flexibility index (Phi) is 11.0. The molecule has 6 rings (SSSR count). The van der Waals surface area contributed by atoms with Crippen LogP contribution in [0.3, 0.4) is 0 Å². The van der Waals surface area contributed by atoms with Gasteiger partial charge in [0.1, 0.15) is 0 Å². The summed E-state index contributed by atoms with van der Waals surface area (Å²) in [6.45, 7) is 9.39. The van der Waals surface area contributed by atoms with Gasteiger partial charge >= 0.3 is 0 Å². The molecule has 0 atom stereocenters. The second-order valence-corrected chi connectivity index (χ2v) is 13.3. The minimum Gasteiger partial charge on any atom is -0.352 e. The minimum atomic E-state index is -0.0478. The first-order valence-electron chi connectivity index (χ1n) is 17.8. The van der Waals surface area contributed by atoms with Crippen LogP contribution in [0.1, 0.15) is 81.5 Å². The molecular weight excluding hydrogens is 617 g/mol. The van der Waals surface area contributed by atoms with Crippen molar-refractivity contribution in [1.82, 2.24) is 20.6 Å². The van der Waals surface area contributed by atoms with Gasteiger partial charge in [0.25, 0.3) is 11.8 Å². The van der Waals surface area contributed by atoms with Crippen molar-refractivity contribution in [2.45, 2.75) is 66.2 Å². The van der Waals surface area contributed by atoms with Crippen LogP contribution in [-0.2, 0) is 0 Å². The van der Waals surface area contributed by atoms with Crippen molar-refractivity contribution < 1.29 is 9.59 Å². The third-order valence-electron chi connectivity index (χ3n) is 9.55. The van der Waals surface area contributed by atoms with Crippen molar-refractivity contribution in [3.63, 3.8) is 0 Å². The number of nitrogens with zero attached hydrogens (tertiary/aromatic N) is 2. The van der Waals surface area contributed by atoms with Crippen molar-refractivity contribution in [2.75, 3.05) is 13.1 Å². The largest absolute Gasteiger partial charge is 0.352 e. The van der Waals surface area contributed by atoms with Crippen molar-refractivity contribution in [2.24, 2.45) is 0 Å². The lowest BCUT2D eigenvalue weighted by Crippen LogP contribution is -2.26. The number of rotatable bonds is 13. The van der Waals surface area contributed by atoms with E-state index in [2.05, 4.69) is 73.0 Å². The topological polar surface area (TPSA) is 84.0 Å². The molecule has 0 saturated heterocycles. The zero-order valence-electron chi connectivity index (χ0n) is 29.6. The summed E-state index contributed by atoms with van der Waals surface area (Å²) in [6.07, 6.45) is 6.11. The van der Waals surface area contributed by atoms with Gasteiger partial charge in [-0.15, -0.1) is 0 Å². The first kappa shape index (κ1) is 34.5. The molecule has 2 amide bonds. The van der Waals surface area contributed by atoms with E-state index in [9.17, 15) is 9.59 Å². The van der Waals surface area contributed by atoms with E-state index < -0.39 is 0 Å². The number of hydrogen-bond donors (Lipinski definition) is 2. The maximum atomic E-state index is 13.5. The van der Waals surface area contributed by atoms with Crippen molar-refractivity contribution in [1.29, 1.82) is 0 Å². The fourth-order valence-corrected chi connectivity index (χ4v) is 6.72. The predicted molar refractivity (Wildman–Crippen MR) is 206 cm³/mol. The van der Waals surface area contributed by atoms with Crippen LogP contribution in [0.2, 0.25) is 0 Å². The molecule has 6 nitrogen and oxygen atoms in total. The molecule has 0 saturated carbocycles. The SMILES string of the molecule is Cc1ccc(-c2nc3ccccc3c(C(=O)NCCCCCCCCNC(=O)c3c(C)c(-c4ccc(C)cc4)nc4ccccc34)c2C)cc1. The van der Waals surface area contributed by atoms with Gasteiger partial charge in [-0.3, -0.25) is 9.59 Å². The molecule has 0 aliphatic carbocycles. The number of pyridine rings is 2. The van der Waals surface area contributed by atoms with Crippen LogP contribution in [0, 0.1) is 27.7 Å². The Morgan fingerprint density at radius 1 is 0.480 bits per heavy atom. The van der Waals surface area contributed by atoms with Crippen LogP contribution in [0.4, 0.5) is 0 Å². The monoisotopic (exact) mass is 662 g/mol. The first-order valence-corrected chi connectivity index (χ1v) is 17.8. The molecular formula is C44H46N4O2. The molecule has 2 N–H and O–H groups in total. The third-order valence-corrected chi connectivity index (χ3v) is 9.55. The van der Waals surface area contributed by atoms with E-state index in [0.717, 1.165) is 94.0 Å². The fraction of sp³-hybridized carbons (Fsp3) is 0.273. The normalized spacial score (nSPS) is 11.2. The van der Waals surface area contributed by atoms with Gasteiger partial charge in [-0.05, 0) is 63.8 Å². The molecule has 2 aromatic heterocycles. The Labute approximate surface area is 295 Å². The van der Waals surface area contributed by atoms with Gasteiger partial charge in [0.2, 0.25) is 0 Å². The molecule has 0 aliphatic heterocycles. The number of carbonyl (C=O) groups is 2. The molecule has 0 radical (unpaired) electrons. The van der Waals surface area contributed by atoms with Crippen LogP contribution in [0.5, 0.6) is 0 Å². The molecule has 0 bridgehead atoms. The molecule has 0 spiro atoms. The summed E-state index contributed by atoms with van der Waals surface area (Å²) >= 11 is 0. The highest BCUT2D eigenvalue weighted by molar-refractivity contribution is 6.09. The van der Waals surface area contributed by atoms with Crippen molar-refractivity contribution in [3.8, 4) is 22.5 Å². The van der Waals surface area contributed by atoms with Crippen LogP contribution in [-0.4, -0.2) is 34.9 Å². The second-order valence-electron chi connectivity index (χ2n) is 13.3. The van der Waals surface area contributed by atoms with Gasteiger partial charge in [-0.25, -0.2) is 9.97 Å².